The highest BCUT2D eigenvalue weighted by molar-refractivity contribution is 9.10. The van der Waals surface area contributed by atoms with Crippen LogP contribution < -0.4 is 15.4 Å². The number of hydrogen-bond donors (Lipinski definition) is 2. The van der Waals surface area contributed by atoms with Crippen molar-refractivity contribution in [1.82, 2.24) is 15.6 Å². The van der Waals surface area contributed by atoms with E-state index in [1.807, 2.05) is 30.3 Å². The third kappa shape index (κ3) is 5.46. The summed E-state index contributed by atoms with van der Waals surface area (Å²) < 4.78 is 12.0. The molecule has 0 saturated heterocycles. The molecule has 34 heavy (non-hydrogen) atoms. The van der Waals surface area contributed by atoms with Crippen LogP contribution in [0.5, 0.6) is 5.75 Å². The van der Waals surface area contributed by atoms with Crippen molar-refractivity contribution in [2.45, 2.75) is 26.3 Å². The van der Waals surface area contributed by atoms with Crippen LogP contribution >= 0.6 is 28.1 Å². The van der Waals surface area contributed by atoms with E-state index in [2.05, 4.69) is 57.5 Å². The fourth-order valence-electron chi connectivity index (χ4n) is 3.45. The lowest BCUT2D eigenvalue weighted by atomic mass is 10.0. The van der Waals surface area contributed by atoms with Crippen molar-refractivity contribution in [1.29, 1.82) is 0 Å². The number of nitrogens with zero attached hydrogens (tertiary/aromatic N) is 1. The molecule has 174 valence electrons. The number of amides is 1. The van der Waals surface area contributed by atoms with Gasteiger partial charge < -0.3 is 14.5 Å². The average Bonchev–Trinajstić information content (AvgIpc) is 3.26. The number of fused-ring (bicyclic) bond motifs is 1. The van der Waals surface area contributed by atoms with Crippen LogP contribution in [-0.4, -0.2) is 23.1 Å². The predicted octanol–water partition coefficient (Wildman–Crippen LogP) is 6.19. The van der Waals surface area contributed by atoms with E-state index in [1.165, 1.54) is 12.7 Å². The van der Waals surface area contributed by atoms with Gasteiger partial charge in [-0.05, 0) is 71.7 Å². The Kier molecular flexibility index (Phi) is 7.29. The van der Waals surface area contributed by atoms with E-state index in [9.17, 15) is 4.79 Å². The van der Waals surface area contributed by atoms with Crippen LogP contribution in [0.1, 0.15) is 41.3 Å². The summed E-state index contributed by atoms with van der Waals surface area (Å²) in [6.45, 7) is 4.77. The number of ether oxygens (including phenoxy) is 1. The summed E-state index contributed by atoms with van der Waals surface area (Å²) in [6.07, 6.45) is 0. The van der Waals surface area contributed by atoms with Gasteiger partial charge in [0.25, 0.3) is 5.91 Å². The molecular formula is C26H24BrN3O3S. The van der Waals surface area contributed by atoms with Crippen molar-refractivity contribution < 1.29 is 13.9 Å². The van der Waals surface area contributed by atoms with Crippen LogP contribution in [0.15, 0.2) is 69.6 Å². The molecule has 4 aromatic rings. The molecule has 3 aromatic carbocycles. The number of methoxy groups -OCH3 is 1. The number of oxazole rings is 1. The Hall–Kier alpha value is -3.23. The fourth-order valence-corrected chi connectivity index (χ4v) is 3.97. The van der Waals surface area contributed by atoms with Crippen molar-refractivity contribution in [2.75, 3.05) is 7.11 Å². The molecule has 0 spiro atoms. The van der Waals surface area contributed by atoms with E-state index in [0.717, 1.165) is 26.7 Å². The van der Waals surface area contributed by atoms with E-state index in [4.69, 9.17) is 21.4 Å². The molecule has 8 heteroatoms. The molecule has 0 atom stereocenters. The summed E-state index contributed by atoms with van der Waals surface area (Å²) in [6, 6.07) is 19.2. The number of carbonyl (C=O) groups is 1. The average molecular weight is 538 g/mol. The van der Waals surface area contributed by atoms with E-state index in [1.54, 1.807) is 18.2 Å². The zero-order valence-corrected chi connectivity index (χ0v) is 21.4. The number of aromatic nitrogens is 1. The number of hydrogen-bond acceptors (Lipinski definition) is 5. The minimum absolute atomic E-state index is 0.232. The number of carbonyl (C=O) groups excluding carboxylic acids is 1. The molecular weight excluding hydrogens is 514 g/mol. The van der Waals surface area contributed by atoms with Gasteiger partial charge in [-0.25, -0.2) is 4.98 Å². The number of benzene rings is 3. The van der Waals surface area contributed by atoms with E-state index in [0.29, 0.717) is 29.7 Å². The van der Waals surface area contributed by atoms with Crippen molar-refractivity contribution in [3.63, 3.8) is 0 Å². The smallest absolute Gasteiger partial charge is 0.261 e. The molecule has 0 fully saturated rings. The Morgan fingerprint density at radius 3 is 2.59 bits per heavy atom. The Bertz CT molecular complexity index is 1350. The third-order valence-corrected chi connectivity index (χ3v) is 6.11. The Balaban J connectivity index is 1.38. The van der Waals surface area contributed by atoms with Gasteiger partial charge in [-0.1, -0.05) is 48.0 Å². The van der Waals surface area contributed by atoms with Gasteiger partial charge in [0, 0.05) is 16.6 Å². The summed E-state index contributed by atoms with van der Waals surface area (Å²) in [5.41, 5.74) is 5.14. The molecule has 0 radical (unpaired) electrons. The normalized spacial score (nSPS) is 11.0. The molecule has 0 aliphatic heterocycles. The number of thiocarbonyl (C=S) groups is 1. The van der Waals surface area contributed by atoms with Crippen molar-refractivity contribution in [3.8, 4) is 17.2 Å². The lowest BCUT2D eigenvalue weighted by molar-refractivity contribution is 0.0973. The minimum Gasteiger partial charge on any atom is -0.496 e. The first kappa shape index (κ1) is 23.9. The SMILES string of the molecule is COc1ccc(Br)cc1C(=O)NC(=S)NCc1ccc(-c2nc3cc(C(C)C)ccc3o2)cc1. The lowest BCUT2D eigenvalue weighted by Crippen LogP contribution is -2.39. The number of nitrogens with one attached hydrogen (secondary N) is 2. The number of rotatable bonds is 6. The third-order valence-electron chi connectivity index (χ3n) is 5.37. The van der Waals surface area contributed by atoms with Gasteiger partial charge in [-0.3, -0.25) is 10.1 Å². The lowest BCUT2D eigenvalue weighted by Gasteiger charge is -2.12. The molecule has 1 aromatic heterocycles. The zero-order chi connectivity index (χ0) is 24.2. The van der Waals surface area contributed by atoms with E-state index >= 15 is 0 Å². The van der Waals surface area contributed by atoms with Gasteiger partial charge in [0.2, 0.25) is 5.89 Å². The zero-order valence-electron chi connectivity index (χ0n) is 19.0. The van der Waals surface area contributed by atoms with Crippen LogP contribution in [0, 0.1) is 0 Å². The second-order valence-corrected chi connectivity index (χ2v) is 9.40. The first-order valence-electron chi connectivity index (χ1n) is 10.8. The first-order valence-corrected chi connectivity index (χ1v) is 12.0. The molecule has 0 unspecified atom stereocenters. The Morgan fingerprint density at radius 2 is 1.88 bits per heavy atom. The molecule has 0 aliphatic rings. The van der Waals surface area contributed by atoms with Gasteiger partial charge in [0.05, 0.1) is 12.7 Å². The van der Waals surface area contributed by atoms with Crippen LogP contribution in [0.2, 0.25) is 0 Å². The van der Waals surface area contributed by atoms with Crippen LogP contribution in [-0.2, 0) is 6.54 Å². The maximum absolute atomic E-state index is 12.6. The summed E-state index contributed by atoms with van der Waals surface area (Å²) in [5, 5.41) is 5.98. The Morgan fingerprint density at radius 1 is 1.12 bits per heavy atom. The molecule has 0 bridgehead atoms. The van der Waals surface area contributed by atoms with Gasteiger partial charge in [0.1, 0.15) is 11.3 Å². The van der Waals surface area contributed by atoms with Gasteiger partial charge in [-0.2, -0.15) is 0 Å². The Labute approximate surface area is 211 Å². The summed E-state index contributed by atoms with van der Waals surface area (Å²) in [4.78, 5) is 17.2. The predicted molar refractivity (Wildman–Crippen MR) is 141 cm³/mol. The quantitative estimate of drug-likeness (QED) is 0.285. The van der Waals surface area contributed by atoms with Crippen LogP contribution in [0.25, 0.3) is 22.6 Å². The minimum atomic E-state index is -0.345. The topological polar surface area (TPSA) is 76.4 Å². The van der Waals surface area contributed by atoms with Crippen LogP contribution in [0.4, 0.5) is 0 Å². The molecule has 6 nitrogen and oxygen atoms in total. The number of halogens is 1. The molecule has 2 N–H and O–H groups in total. The second-order valence-electron chi connectivity index (χ2n) is 8.08. The molecule has 1 heterocycles. The van der Waals surface area contributed by atoms with Crippen molar-refractivity contribution >= 4 is 50.3 Å². The highest BCUT2D eigenvalue weighted by Crippen LogP contribution is 2.27. The van der Waals surface area contributed by atoms with E-state index in [-0.39, 0.29) is 11.0 Å². The van der Waals surface area contributed by atoms with Crippen molar-refractivity contribution in [2.24, 2.45) is 0 Å². The monoisotopic (exact) mass is 537 g/mol. The molecule has 4 rings (SSSR count). The fraction of sp³-hybridized carbons (Fsp3) is 0.192. The molecule has 1 amide bonds. The van der Waals surface area contributed by atoms with Gasteiger partial charge in [-0.15, -0.1) is 0 Å². The van der Waals surface area contributed by atoms with Gasteiger partial charge in [0.15, 0.2) is 10.7 Å². The highest BCUT2D eigenvalue weighted by atomic mass is 79.9. The van der Waals surface area contributed by atoms with Gasteiger partial charge >= 0.3 is 0 Å². The standard InChI is InChI=1S/C26H24BrN3O3S/c1-15(2)18-8-10-23-21(12-18)29-25(33-23)17-6-4-16(5-7-17)14-28-26(34)30-24(31)20-13-19(27)9-11-22(20)32-3/h4-13,15H,14H2,1-3H3,(H2,28,30,31,34). The molecule has 0 saturated carbocycles. The maximum atomic E-state index is 12.6. The summed E-state index contributed by atoms with van der Waals surface area (Å²) in [7, 11) is 1.52. The first-order chi connectivity index (χ1) is 16.3. The van der Waals surface area contributed by atoms with Crippen LogP contribution in [0.3, 0.4) is 0 Å². The maximum Gasteiger partial charge on any atom is 0.261 e. The molecule has 0 aliphatic carbocycles. The van der Waals surface area contributed by atoms with Crippen molar-refractivity contribution in [3.05, 3.63) is 81.8 Å². The summed E-state index contributed by atoms with van der Waals surface area (Å²) >= 11 is 8.66. The van der Waals surface area contributed by atoms with E-state index < -0.39 is 0 Å². The highest BCUT2D eigenvalue weighted by Gasteiger charge is 2.14. The second kappa shape index (κ2) is 10.4. The summed E-state index contributed by atoms with van der Waals surface area (Å²) in [5.74, 6) is 1.14. The largest absolute Gasteiger partial charge is 0.496 e.